The smallest absolute Gasteiger partial charge is 0.0966 e. The number of likely N-dealkylation sites (tertiary alicyclic amines) is 1. The van der Waals surface area contributed by atoms with Gasteiger partial charge in [0, 0.05) is 31.7 Å². The lowest BCUT2D eigenvalue weighted by molar-refractivity contribution is -0.0180. The molecular weight excluding hydrogens is 284 g/mol. The Morgan fingerprint density at radius 3 is 2.96 bits per heavy atom. The van der Waals surface area contributed by atoms with Gasteiger partial charge in [-0.3, -0.25) is 4.90 Å². The van der Waals surface area contributed by atoms with E-state index in [1.807, 2.05) is 0 Å². The van der Waals surface area contributed by atoms with Crippen LogP contribution in [0, 0.1) is 5.92 Å². The highest BCUT2D eigenvalue weighted by Crippen LogP contribution is 2.43. The first kappa shape index (κ1) is 16.7. The van der Waals surface area contributed by atoms with Crippen LogP contribution < -0.4 is 5.73 Å². The highest BCUT2D eigenvalue weighted by molar-refractivity contribution is 5.51. The second-order valence-corrected chi connectivity index (χ2v) is 7.21. The Labute approximate surface area is 140 Å². The van der Waals surface area contributed by atoms with Gasteiger partial charge in [-0.25, -0.2) is 0 Å². The van der Waals surface area contributed by atoms with E-state index in [0.717, 1.165) is 32.7 Å². The SMILES string of the molecule is CCOC1(C)C(C)=CC(CN2CCC[C@H](N)C2)=C2C=CC=CC21. The number of ether oxygens (including phenoxy) is 1. The second kappa shape index (κ2) is 6.76. The van der Waals surface area contributed by atoms with E-state index in [2.05, 4.69) is 56.1 Å². The Balaban J connectivity index is 1.89. The lowest BCUT2D eigenvalue weighted by atomic mass is 9.71. The summed E-state index contributed by atoms with van der Waals surface area (Å²) in [6.45, 7) is 10.4. The van der Waals surface area contributed by atoms with Gasteiger partial charge < -0.3 is 10.5 Å². The average Bonchev–Trinajstić information content (AvgIpc) is 2.53. The van der Waals surface area contributed by atoms with Crippen LogP contribution in [0.15, 0.2) is 47.1 Å². The topological polar surface area (TPSA) is 38.5 Å². The molecule has 0 saturated carbocycles. The monoisotopic (exact) mass is 314 g/mol. The van der Waals surface area contributed by atoms with E-state index in [9.17, 15) is 0 Å². The van der Waals surface area contributed by atoms with Gasteiger partial charge in [0.05, 0.1) is 5.60 Å². The van der Waals surface area contributed by atoms with Gasteiger partial charge in [0.2, 0.25) is 0 Å². The number of hydrogen-bond acceptors (Lipinski definition) is 3. The number of rotatable bonds is 4. The molecule has 23 heavy (non-hydrogen) atoms. The molecule has 3 heteroatoms. The molecule has 1 aliphatic heterocycles. The molecule has 0 amide bonds. The maximum absolute atomic E-state index is 6.19. The zero-order valence-corrected chi connectivity index (χ0v) is 14.7. The molecule has 0 aromatic carbocycles. The summed E-state index contributed by atoms with van der Waals surface area (Å²) in [5.41, 5.74) is 10.1. The summed E-state index contributed by atoms with van der Waals surface area (Å²) in [5.74, 6) is 0.311. The minimum Gasteiger partial charge on any atom is -0.370 e. The molecule has 0 radical (unpaired) electrons. The van der Waals surface area contributed by atoms with E-state index in [0.29, 0.717) is 12.0 Å². The maximum Gasteiger partial charge on any atom is 0.0966 e. The van der Waals surface area contributed by atoms with E-state index in [1.54, 1.807) is 0 Å². The molecule has 2 N–H and O–H groups in total. The van der Waals surface area contributed by atoms with Crippen molar-refractivity contribution in [3.8, 4) is 0 Å². The van der Waals surface area contributed by atoms with Crippen molar-refractivity contribution in [1.29, 1.82) is 0 Å². The molecule has 0 aromatic heterocycles. The first-order chi connectivity index (χ1) is 11.0. The Hall–Kier alpha value is -1.16. The van der Waals surface area contributed by atoms with Gasteiger partial charge in [-0.1, -0.05) is 30.4 Å². The molecule has 3 rings (SSSR count). The van der Waals surface area contributed by atoms with Gasteiger partial charge in [-0.15, -0.1) is 0 Å². The van der Waals surface area contributed by atoms with Gasteiger partial charge in [0.1, 0.15) is 0 Å². The van der Waals surface area contributed by atoms with Crippen LogP contribution in [-0.2, 0) is 4.74 Å². The van der Waals surface area contributed by atoms with E-state index in [1.165, 1.54) is 23.1 Å². The molecule has 1 saturated heterocycles. The van der Waals surface area contributed by atoms with Gasteiger partial charge in [0.25, 0.3) is 0 Å². The lowest BCUT2D eigenvalue weighted by Crippen LogP contribution is -2.45. The van der Waals surface area contributed by atoms with Crippen molar-refractivity contribution in [1.82, 2.24) is 4.90 Å². The van der Waals surface area contributed by atoms with Crippen molar-refractivity contribution in [2.75, 3.05) is 26.2 Å². The summed E-state index contributed by atoms with van der Waals surface area (Å²) in [5, 5.41) is 0. The van der Waals surface area contributed by atoms with Crippen LogP contribution in [0.5, 0.6) is 0 Å². The van der Waals surface area contributed by atoms with Crippen LogP contribution in [0.3, 0.4) is 0 Å². The predicted molar refractivity (Wildman–Crippen MR) is 96.2 cm³/mol. The van der Waals surface area contributed by atoms with Crippen LogP contribution in [0.25, 0.3) is 0 Å². The van der Waals surface area contributed by atoms with Crippen molar-refractivity contribution in [3.63, 3.8) is 0 Å². The Kier molecular flexibility index (Phi) is 4.90. The summed E-state index contributed by atoms with van der Waals surface area (Å²) in [6, 6.07) is 0.328. The maximum atomic E-state index is 6.19. The number of nitrogens with two attached hydrogens (primary N) is 1. The minimum atomic E-state index is -0.229. The Morgan fingerprint density at radius 2 is 2.22 bits per heavy atom. The summed E-state index contributed by atoms with van der Waals surface area (Å²) >= 11 is 0. The fourth-order valence-electron chi connectivity index (χ4n) is 4.18. The van der Waals surface area contributed by atoms with Gasteiger partial charge in [-0.05, 0) is 56.9 Å². The molecule has 3 atom stereocenters. The van der Waals surface area contributed by atoms with E-state index in [-0.39, 0.29) is 5.60 Å². The largest absolute Gasteiger partial charge is 0.370 e. The van der Waals surface area contributed by atoms with Crippen LogP contribution in [-0.4, -0.2) is 42.8 Å². The average molecular weight is 314 g/mol. The fourth-order valence-corrected chi connectivity index (χ4v) is 4.18. The Bertz CT molecular complexity index is 572. The standard InChI is InChI=1S/C20H30N2O/c1-4-23-20(3)15(2)12-16(18-9-5-6-10-19(18)20)13-22-11-7-8-17(21)14-22/h5-6,9-10,12,17,19H,4,7-8,11,13-14,21H2,1-3H3/t17-,19?,20?/m0/s1. The summed E-state index contributed by atoms with van der Waals surface area (Å²) in [7, 11) is 0. The highest BCUT2D eigenvalue weighted by atomic mass is 16.5. The minimum absolute atomic E-state index is 0.229. The third kappa shape index (κ3) is 3.23. The molecule has 2 aliphatic carbocycles. The summed E-state index contributed by atoms with van der Waals surface area (Å²) in [4.78, 5) is 2.51. The quantitative estimate of drug-likeness (QED) is 0.866. The molecule has 1 fully saturated rings. The molecule has 0 spiro atoms. The number of hydrogen-bond donors (Lipinski definition) is 1. The van der Waals surface area contributed by atoms with Crippen molar-refractivity contribution >= 4 is 0 Å². The molecular formula is C20H30N2O. The number of allylic oxidation sites excluding steroid dienone is 3. The number of nitrogens with zero attached hydrogens (tertiary/aromatic N) is 1. The zero-order valence-electron chi connectivity index (χ0n) is 14.7. The highest BCUT2D eigenvalue weighted by Gasteiger charge is 2.41. The van der Waals surface area contributed by atoms with Crippen molar-refractivity contribution in [3.05, 3.63) is 47.1 Å². The van der Waals surface area contributed by atoms with Crippen molar-refractivity contribution in [2.45, 2.75) is 45.3 Å². The van der Waals surface area contributed by atoms with Gasteiger partial charge in [0.15, 0.2) is 0 Å². The molecule has 0 bridgehead atoms. The van der Waals surface area contributed by atoms with E-state index in [4.69, 9.17) is 10.5 Å². The van der Waals surface area contributed by atoms with Gasteiger partial charge >= 0.3 is 0 Å². The summed E-state index contributed by atoms with van der Waals surface area (Å²) in [6.07, 6.45) is 13.6. The normalized spacial score (nSPS) is 34.5. The molecule has 2 unspecified atom stereocenters. The predicted octanol–water partition coefficient (Wildman–Crippen LogP) is 3.20. The van der Waals surface area contributed by atoms with E-state index < -0.39 is 0 Å². The van der Waals surface area contributed by atoms with Crippen LogP contribution >= 0.6 is 0 Å². The molecule has 3 nitrogen and oxygen atoms in total. The number of fused-ring (bicyclic) bond motifs is 1. The van der Waals surface area contributed by atoms with Crippen molar-refractivity contribution < 1.29 is 4.74 Å². The molecule has 3 aliphatic rings. The molecule has 126 valence electrons. The Morgan fingerprint density at radius 1 is 1.39 bits per heavy atom. The summed E-state index contributed by atoms with van der Waals surface area (Å²) < 4.78 is 6.19. The van der Waals surface area contributed by atoms with Crippen LogP contribution in [0.1, 0.15) is 33.6 Å². The van der Waals surface area contributed by atoms with Crippen molar-refractivity contribution in [2.24, 2.45) is 11.7 Å². The fraction of sp³-hybridized carbons (Fsp3) is 0.600. The van der Waals surface area contributed by atoms with E-state index >= 15 is 0 Å². The first-order valence-electron chi connectivity index (χ1n) is 8.93. The first-order valence-corrected chi connectivity index (χ1v) is 8.93. The molecule has 0 aromatic rings. The zero-order chi connectivity index (χ0) is 16.4. The van der Waals surface area contributed by atoms with Gasteiger partial charge in [-0.2, -0.15) is 0 Å². The lowest BCUT2D eigenvalue weighted by Gasteiger charge is -2.43. The van der Waals surface area contributed by atoms with Crippen LogP contribution in [0.4, 0.5) is 0 Å². The number of piperidine rings is 1. The third-order valence-electron chi connectivity index (χ3n) is 5.54. The third-order valence-corrected chi connectivity index (χ3v) is 5.54. The molecule has 1 heterocycles. The van der Waals surface area contributed by atoms with Crippen LogP contribution in [0.2, 0.25) is 0 Å². The second-order valence-electron chi connectivity index (χ2n) is 7.21.